The summed E-state index contributed by atoms with van der Waals surface area (Å²) in [7, 11) is -1.82. The van der Waals surface area contributed by atoms with E-state index in [-0.39, 0.29) is 5.91 Å². The number of anilines is 1. The van der Waals surface area contributed by atoms with Crippen LogP contribution in [0.25, 0.3) is 0 Å². The van der Waals surface area contributed by atoms with Crippen LogP contribution >= 0.6 is 11.8 Å². The highest BCUT2D eigenvalue weighted by atomic mass is 32.2. The maximum absolute atomic E-state index is 12.1. The summed E-state index contributed by atoms with van der Waals surface area (Å²) in [4.78, 5) is 12.1. The molecule has 0 bridgehead atoms. The number of thioether (sulfide) groups is 1. The number of benzene rings is 2. The molecule has 0 saturated heterocycles. The maximum Gasteiger partial charge on any atom is 0.251 e. The standard InChI is InChI=1S/C18H22N2O3S2/c1-20(25(2,22)23)17-10-8-16(9-11-17)18(21)19-12-13-24-14-15-6-4-3-5-7-15/h3-11H,12-14H2,1-2H3,(H,19,21). The Balaban J connectivity index is 1.77. The Bertz CT molecular complexity index is 791. The third-order valence-electron chi connectivity index (χ3n) is 3.63. The summed E-state index contributed by atoms with van der Waals surface area (Å²) in [6, 6.07) is 16.7. The van der Waals surface area contributed by atoms with E-state index in [2.05, 4.69) is 17.4 Å². The number of carbonyl (C=O) groups is 1. The number of nitrogens with zero attached hydrogens (tertiary/aromatic N) is 1. The van der Waals surface area contributed by atoms with Crippen LogP contribution < -0.4 is 9.62 Å². The van der Waals surface area contributed by atoms with Crippen molar-refractivity contribution < 1.29 is 13.2 Å². The first-order chi connectivity index (χ1) is 11.9. The van der Waals surface area contributed by atoms with Crippen LogP contribution in [0.3, 0.4) is 0 Å². The van der Waals surface area contributed by atoms with E-state index < -0.39 is 10.0 Å². The second-order valence-electron chi connectivity index (χ2n) is 5.57. The largest absolute Gasteiger partial charge is 0.351 e. The first-order valence-electron chi connectivity index (χ1n) is 7.82. The molecule has 1 amide bonds. The van der Waals surface area contributed by atoms with Crippen molar-refractivity contribution in [1.82, 2.24) is 5.32 Å². The van der Waals surface area contributed by atoms with Gasteiger partial charge >= 0.3 is 0 Å². The number of sulfonamides is 1. The second-order valence-corrected chi connectivity index (χ2v) is 8.69. The number of hydrogen-bond acceptors (Lipinski definition) is 4. The highest BCUT2D eigenvalue weighted by Gasteiger charge is 2.12. The molecule has 0 aliphatic rings. The molecule has 7 heteroatoms. The molecule has 2 rings (SSSR count). The summed E-state index contributed by atoms with van der Waals surface area (Å²) in [5.41, 5.74) is 2.31. The van der Waals surface area contributed by atoms with E-state index in [1.165, 1.54) is 16.9 Å². The van der Waals surface area contributed by atoms with E-state index in [9.17, 15) is 13.2 Å². The molecular formula is C18H22N2O3S2. The van der Waals surface area contributed by atoms with Gasteiger partial charge in [0.15, 0.2) is 0 Å². The van der Waals surface area contributed by atoms with Gasteiger partial charge in [0, 0.05) is 30.7 Å². The number of nitrogens with one attached hydrogen (secondary N) is 1. The molecule has 0 radical (unpaired) electrons. The second kappa shape index (κ2) is 8.92. The lowest BCUT2D eigenvalue weighted by molar-refractivity contribution is 0.0956. The zero-order valence-electron chi connectivity index (χ0n) is 14.3. The fourth-order valence-electron chi connectivity index (χ4n) is 2.12. The van der Waals surface area contributed by atoms with E-state index in [4.69, 9.17) is 0 Å². The van der Waals surface area contributed by atoms with Crippen molar-refractivity contribution in [1.29, 1.82) is 0 Å². The molecule has 0 aliphatic heterocycles. The molecule has 0 spiro atoms. The minimum atomic E-state index is -3.30. The van der Waals surface area contributed by atoms with Gasteiger partial charge in [0.25, 0.3) is 5.91 Å². The van der Waals surface area contributed by atoms with Crippen molar-refractivity contribution in [2.75, 3.05) is 29.9 Å². The first-order valence-corrected chi connectivity index (χ1v) is 10.8. The van der Waals surface area contributed by atoms with Gasteiger partial charge in [-0.05, 0) is 29.8 Å². The van der Waals surface area contributed by atoms with Gasteiger partial charge in [-0.1, -0.05) is 30.3 Å². The molecular weight excluding hydrogens is 356 g/mol. The lowest BCUT2D eigenvalue weighted by Crippen LogP contribution is -2.26. The fourth-order valence-corrected chi connectivity index (χ4v) is 3.44. The van der Waals surface area contributed by atoms with Gasteiger partial charge in [-0.15, -0.1) is 0 Å². The Morgan fingerprint density at radius 3 is 2.32 bits per heavy atom. The van der Waals surface area contributed by atoms with Crippen LogP contribution in [0.5, 0.6) is 0 Å². The minimum Gasteiger partial charge on any atom is -0.351 e. The van der Waals surface area contributed by atoms with Crippen molar-refractivity contribution in [3.63, 3.8) is 0 Å². The lowest BCUT2D eigenvalue weighted by Gasteiger charge is -2.16. The van der Waals surface area contributed by atoms with E-state index in [1.54, 1.807) is 36.0 Å². The Morgan fingerprint density at radius 1 is 1.08 bits per heavy atom. The normalized spacial score (nSPS) is 11.1. The van der Waals surface area contributed by atoms with Crippen LogP contribution in [-0.4, -0.2) is 39.9 Å². The van der Waals surface area contributed by atoms with Crippen molar-refractivity contribution in [3.05, 3.63) is 65.7 Å². The predicted molar refractivity (Wildman–Crippen MR) is 105 cm³/mol. The van der Waals surface area contributed by atoms with E-state index >= 15 is 0 Å². The summed E-state index contributed by atoms with van der Waals surface area (Å²) in [5, 5.41) is 2.87. The van der Waals surface area contributed by atoms with Crippen molar-refractivity contribution in [3.8, 4) is 0 Å². The predicted octanol–water partition coefficient (Wildman–Crippen LogP) is 2.75. The molecule has 0 unspecified atom stereocenters. The summed E-state index contributed by atoms with van der Waals surface area (Å²) in [6.45, 7) is 0.585. The molecule has 5 nitrogen and oxygen atoms in total. The van der Waals surface area contributed by atoms with Gasteiger partial charge in [-0.25, -0.2) is 8.42 Å². The van der Waals surface area contributed by atoms with Gasteiger partial charge in [-0.3, -0.25) is 9.10 Å². The van der Waals surface area contributed by atoms with E-state index in [1.807, 2.05) is 18.2 Å². The number of amides is 1. The third-order valence-corrected chi connectivity index (χ3v) is 5.87. The lowest BCUT2D eigenvalue weighted by atomic mass is 10.2. The number of carbonyl (C=O) groups excluding carboxylic acids is 1. The Morgan fingerprint density at radius 2 is 1.72 bits per heavy atom. The van der Waals surface area contributed by atoms with Gasteiger partial charge in [0.2, 0.25) is 10.0 Å². The Hall–Kier alpha value is -1.99. The topological polar surface area (TPSA) is 66.5 Å². The average molecular weight is 379 g/mol. The van der Waals surface area contributed by atoms with Crippen LogP contribution in [-0.2, 0) is 15.8 Å². The summed E-state index contributed by atoms with van der Waals surface area (Å²) < 4.78 is 24.2. The molecule has 134 valence electrons. The fraction of sp³-hybridized carbons (Fsp3) is 0.278. The molecule has 0 aromatic heterocycles. The highest BCUT2D eigenvalue weighted by molar-refractivity contribution is 7.98. The van der Waals surface area contributed by atoms with Crippen LogP contribution in [0.15, 0.2) is 54.6 Å². The number of rotatable bonds is 8. The molecule has 1 N–H and O–H groups in total. The molecule has 0 aliphatic carbocycles. The van der Waals surface area contributed by atoms with Gasteiger partial charge in [-0.2, -0.15) is 11.8 Å². The van der Waals surface area contributed by atoms with Crippen molar-refractivity contribution in [2.45, 2.75) is 5.75 Å². The summed E-state index contributed by atoms with van der Waals surface area (Å²) in [6.07, 6.45) is 1.14. The zero-order valence-corrected chi connectivity index (χ0v) is 15.9. The third kappa shape index (κ3) is 6.10. The van der Waals surface area contributed by atoms with Gasteiger partial charge in [0.05, 0.1) is 11.9 Å². The molecule has 0 heterocycles. The maximum atomic E-state index is 12.1. The van der Waals surface area contributed by atoms with Crippen molar-refractivity contribution >= 4 is 33.4 Å². The quantitative estimate of drug-likeness (QED) is 0.717. The van der Waals surface area contributed by atoms with Gasteiger partial charge < -0.3 is 5.32 Å². The molecule has 25 heavy (non-hydrogen) atoms. The summed E-state index contributed by atoms with van der Waals surface area (Å²) in [5.74, 6) is 1.59. The SMILES string of the molecule is CN(c1ccc(C(=O)NCCSCc2ccccc2)cc1)S(C)(=O)=O. The van der Waals surface area contributed by atoms with Gasteiger partial charge in [0.1, 0.15) is 0 Å². The monoisotopic (exact) mass is 378 g/mol. The van der Waals surface area contributed by atoms with Crippen molar-refractivity contribution in [2.24, 2.45) is 0 Å². The van der Waals surface area contributed by atoms with E-state index in [0.29, 0.717) is 17.8 Å². The number of hydrogen-bond donors (Lipinski definition) is 1. The Labute approximate surface area is 153 Å². The van der Waals surface area contributed by atoms with Crippen LogP contribution in [0.1, 0.15) is 15.9 Å². The molecule has 0 atom stereocenters. The van der Waals surface area contributed by atoms with Crippen LogP contribution in [0, 0.1) is 0 Å². The zero-order chi connectivity index (χ0) is 18.3. The van der Waals surface area contributed by atoms with Crippen LogP contribution in [0.2, 0.25) is 0 Å². The smallest absolute Gasteiger partial charge is 0.251 e. The van der Waals surface area contributed by atoms with Crippen LogP contribution in [0.4, 0.5) is 5.69 Å². The molecule has 0 fully saturated rings. The van der Waals surface area contributed by atoms with E-state index in [0.717, 1.165) is 17.8 Å². The first kappa shape index (κ1) is 19.3. The summed E-state index contributed by atoms with van der Waals surface area (Å²) >= 11 is 1.76. The molecule has 2 aromatic rings. The average Bonchev–Trinajstić information content (AvgIpc) is 2.61. The highest BCUT2D eigenvalue weighted by Crippen LogP contribution is 2.16. The minimum absolute atomic E-state index is 0.158. The Kier molecular flexibility index (Phi) is 6.90. The molecule has 0 saturated carbocycles. The molecule has 2 aromatic carbocycles.